The summed E-state index contributed by atoms with van der Waals surface area (Å²) in [5.74, 6) is 0.139. The van der Waals surface area contributed by atoms with Crippen LogP contribution in [-0.4, -0.2) is 39.3 Å². The van der Waals surface area contributed by atoms with Crippen molar-refractivity contribution in [1.82, 2.24) is 14.9 Å². The standard InChI is InChI=1S/C34H24Cl2N6O3/c35-23-13-14-29(28(36)18-23)41-20-22-19-37-33(38-24-8-2-1-3-9-24)39-30(22)42(34(41)45)25-10-6-7-21(17-25)15-16-40-31(43)26-11-4-5-12-27(26)32(40)44/h1-14,17-19H,15-16,20H2,(H,37,38,39). The summed E-state index contributed by atoms with van der Waals surface area (Å²) in [4.78, 5) is 53.7. The number of benzene rings is 4. The first-order valence-corrected chi connectivity index (χ1v) is 14.9. The number of para-hydroxylation sites is 1. The Morgan fingerprint density at radius 1 is 0.800 bits per heavy atom. The molecular weight excluding hydrogens is 611 g/mol. The summed E-state index contributed by atoms with van der Waals surface area (Å²) in [5, 5.41) is 3.98. The van der Waals surface area contributed by atoms with Crippen molar-refractivity contribution in [3.63, 3.8) is 0 Å². The van der Waals surface area contributed by atoms with Crippen LogP contribution in [0.3, 0.4) is 0 Å². The molecule has 0 saturated heterocycles. The average molecular weight is 636 g/mol. The van der Waals surface area contributed by atoms with Gasteiger partial charge in [-0.3, -0.25) is 19.4 Å². The number of aromatic nitrogens is 2. The van der Waals surface area contributed by atoms with Gasteiger partial charge in [-0.1, -0.05) is 65.7 Å². The van der Waals surface area contributed by atoms with Crippen LogP contribution in [-0.2, 0) is 13.0 Å². The number of urea groups is 1. The van der Waals surface area contributed by atoms with Gasteiger partial charge in [0.05, 0.1) is 34.1 Å². The van der Waals surface area contributed by atoms with E-state index >= 15 is 0 Å². The van der Waals surface area contributed by atoms with Gasteiger partial charge in [-0.05, 0) is 66.6 Å². The molecule has 2 aliphatic heterocycles. The van der Waals surface area contributed by atoms with E-state index in [1.807, 2.05) is 54.6 Å². The lowest BCUT2D eigenvalue weighted by Crippen LogP contribution is -2.45. The molecule has 0 bridgehead atoms. The monoisotopic (exact) mass is 634 g/mol. The molecule has 0 radical (unpaired) electrons. The summed E-state index contributed by atoms with van der Waals surface area (Å²) in [5.41, 5.74) is 4.21. The van der Waals surface area contributed by atoms with E-state index in [-0.39, 0.29) is 30.9 Å². The van der Waals surface area contributed by atoms with Crippen LogP contribution in [0, 0.1) is 0 Å². The summed E-state index contributed by atoms with van der Waals surface area (Å²) >= 11 is 12.7. The SMILES string of the molecule is O=C1c2ccccc2C(=O)N1CCc1cccc(N2C(=O)N(c3ccc(Cl)cc3Cl)Cc3cnc(Nc4ccccc4)nc32)c1. The number of nitrogens with zero attached hydrogens (tertiary/aromatic N) is 5. The smallest absolute Gasteiger partial charge is 0.324 e. The summed E-state index contributed by atoms with van der Waals surface area (Å²) in [6.07, 6.45) is 2.08. The number of hydrogen-bond donors (Lipinski definition) is 1. The Morgan fingerprint density at radius 2 is 1.53 bits per heavy atom. The predicted octanol–water partition coefficient (Wildman–Crippen LogP) is 7.64. The Bertz CT molecular complexity index is 1950. The first kappa shape index (κ1) is 28.5. The molecular formula is C34H24Cl2N6O3. The second-order valence-corrected chi connectivity index (χ2v) is 11.4. The highest BCUT2D eigenvalue weighted by molar-refractivity contribution is 6.37. The van der Waals surface area contributed by atoms with E-state index in [4.69, 9.17) is 28.2 Å². The van der Waals surface area contributed by atoms with E-state index in [2.05, 4.69) is 10.3 Å². The number of nitrogens with one attached hydrogen (secondary N) is 1. The van der Waals surface area contributed by atoms with Crippen LogP contribution >= 0.6 is 23.2 Å². The van der Waals surface area contributed by atoms with Gasteiger partial charge in [-0.25, -0.2) is 14.7 Å². The van der Waals surface area contributed by atoms with Crippen molar-refractivity contribution in [3.8, 4) is 0 Å². The number of fused-ring (bicyclic) bond motifs is 2. The normalized spacial score (nSPS) is 14.1. The minimum absolute atomic E-state index is 0.192. The Balaban J connectivity index is 1.23. The molecule has 3 heterocycles. The van der Waals surface area contributed by atoms with Gasteiger partial charge in [-0.15, -0.1) is 0 Å². The lowest BCUT2D eigenvalue weighted by atomic mass is 10.1. The summed E-state index contributed by atoms with van der Waals surface area (Å²) in [6.45, 7) is 0.386. The molecule has 0 aliphatic carbocycles. The van der Waals surface area contributed by atoms with Crippen molar-refractivity contribution in [1.29, 1.82) is 0 Å². The summed E-state index contributed by atoms with van der Waals surface area (Å²) in [6, 6.07) is 28.3. The summed E-state index contributed by atoms with van der Waals surface area (Å²) < 4.78 is 0. The van der Waals surface area contributed by atoms with Crippen molar-refractivity contribution in [2.75, 3.05) is 21.7 Å². The number of carbonyl (C=O) groups is 3. The van der Waals surface area contributed by atoms with E-state index in [0.717, 1.165) is 11.3 Å². The van der Waals surface area contributed by atoms with Crippen molar-refractivity contribution < 1.29 is 14.4 Å². The minimum Gasteiger partial charge on any atom is -0.324 e. The first-order valence-electron chi connectivity index (χ1n) is 14.2. The van der Waals surface area contributed by atoms with Gasteiger partial charge in [0, 0.05) is 29.0 Å². The molecule has 2 aliphatic rings. The molecule has 11 heteroatoms. The van der Waals surface area contributed by atoms with Gasteiger partial charge in [-0.2, -0.15) is 4.98 Å². The molecule has 4 aromatic carbocycles. The van der Waals surface area contributed by atoms with Gasteiger partial charge in [0.1, 0.15) is 0 Å². The number of anilines is 5. The predicted molar refractivity (Wildman–Crippen MR) is 174 cm³/mol. The molecule has 222 valence electrons. The van der Waals surface area contributed by atoms with Gasteiger partial charge in [0.25, 0.3) is 11.8 Å². The third-order valence-electron chi connectivity index (χ3n) is 7.71. The Labute approximate surface area is 268 Å². The van der Waals surface area contributed by atoms with Gasteiger partial charge in [0.15, 0.2) is 5.82 Å². The molecule has 0 unspecified atom stereocenters. The fraction of sp³-hybridized carbons (Fsp3) is 0.0882. The van der Waals surface area contributed by atoms with Crippen molar-refractivity contribution in [2.45, 2.75) is 13.0 Å². The van der Waals surface area contributed by atoms with Crippen LogP contribution in [0.1, 0.15) is 31.8 Å². The lowest BCUT2D eigenvalue weighted by Gasteiger charge is -2.36. The number of rotatable bonds is 7. The highest BCUT2D eigenvalue weighted by Crippen LogP contribution is 2.39. The zero-order valence-corrected chi connectivity index (χ0v) is 25.2. The topological polar surface area (TPSA) is 98.7 Å². The third-order valence-corrected chi connectivity index (χ3v) is 8.24. The van der Waals surface area contributed by atoms with Crippen molar-refractivity contribution >= 4 is 69.9 Å². The fourth-order valence-corrected chi connectivity index (χ4v) is 6.03. The average Bonchev–Trinajstić information content (AvgIpc) is 3.29. The van der Waals surface area contributed by atoms with Crippen LogP contribution in [0.5, 0.6) is 0 Å². The molecule has 0 spiro atoms. The maximum atomic E-state index is 14.3. The van der Waals surface area contributed by atoms with Gasteiger partial charge < -0.3 is 5.32 Å². The summed E-state index contributed by atoms with van der Waals surface area (Å²) in [7, 11) is 0. The minimum atomic E-state index is -0.367. The second kappa shape index (κ2) is 11.7. The van der Waals surface area contributed by atoms with E-state index in [9.17, 15) is 14.4 Å². The van der Waals surface area contributed by atoms with Gasteiger partial charge in [0.2, 0.25) is 5.95 Å². The molecule has 0 atom stereocenters. The maximum absolute atomic E-state index is 14.3. The van der Waals surface area contributed by atoms with E-state index < -0.39 is 0 Å². The molecule has 7 rings (SSSR count). The molecule has 9 nitrogen and oxygen atoms in total. The Kier molecular flexibility index (Phi) is 7.40. The van der Waals surface area contributed by atoms with E-state index in [1.165, 1.54) is 9.80 Å². The second-order valence-electron chi connectivity index (χ2n) is 10.6. The molecule has 0 saturated carbocycles. The molecule has 45 heavy (non-hydrogen) atoms. The lowest BCUT2D eigenvalue weighted by molar-refractivity contribution is 0.0656. The maximum Gasteiger partial charge on any atom is 0.335 e. The molecule has 0 fully saturated rings. The van der Waals surface area contributed by atoms with E-state index in [0.29, 0.717) is 56.3 Å². The highest BCUT2D eigenvalue weighted by Gasteiger charge is 2.36. The molecule has 4 amide bonds. The van der Waals surface area contributed by atoms with Crippen LogP contribution in [0.2, 0.25) is 10.0 Å². The zero-order chi connectivity index (χ0) is 31.1. The van der Waals surface area contributed by atoms with Crippen LogP contribution in [0.25, 0.3) is 0 Å². The molecule has 1 N–H and O–H groups in total. The molecule has 5 aromatic rings. The highest BCUT2D eigenvalue weighted by atomic mass is 35.5. The van der Waals surface area contributed by atoms with Crippen LogP contribution in [0.15, 0.2) is 103 Å². The Morgan fingerprint density at radius 3 is 2.27 bits per heavy atom. The van der Waals surface area contributed by atoms with Crippen molar-refractivity contribution in [2.24, 2.45) is 0 Å². The first-order chi connectivity index (χ1) is 21.9. The molecule has 1 aromatic heterocycles. The quantitative estimate of drug-likeness (QED) is 0.185. The van der Waals surface area contributed by atoms with Crippen LogP contribution < -0.4 is 15.1 Å². The number of amides is 4. The zero-order valence-electron chi connectivity index (χ0n) is 23.7. The van der Waals surface area contributed by atoms with E-state index in [1.54, 1.807) is 53.6 Å². The fourth-order valence-electron chi connectivity index (χ4n) is 5.52. The van der Waals surface area contributed by atoms with Crippen molar-refractivity contribution in [3.05, 3.63) is 136 Å². The van der Waals surface area contributed by atoms with Gasteiger partial charge >= 0.3 is 6.03 Å². The van der Waals surface area contributed by atoms with Crippen LogP contribution in [0.4, 0.5) is 33.6 Å². The third kappa shape index (κ3) is 5.37. The number of imide groups is 1. The number of halogens is 2. The Hall–Kier alpha value is -5.25. The number of carbonyl (C=O) groups excluding carboxylic acids is 3. The largest absolute Gasteiger partial charge is 0.335 e. The number of hydrogen-bond acceptors (Lipinski definition) is 6.